The number of hydrogen-bond acceptors (Lipinski definition) is 8. The predicted molar refractivity (Wildman–Crippen MR) is 199 cm³/mol. The Morgan fingerprint density at radius 3 is 2.62 bits per heavy atom. The molecule has 284 valence electrons. The second-order valence-corrected chi connectivity index (χ2v) is 22.6. The minimum absolute atomic E-state index is 0.0416. The minimum Gasteiger partial charge on any atom is -0.367 e. The van der Waals surface area contributed by atoms with Gasteiger partial charge < -0.3 is 33.6 Å². The Morgan fingerprint density at radius 2 is 1.88 bits per heavy atom. The van der Waals surface area contributed by atoms with Crippen LogP contribution in [0.3, 0.4) is 0 Å². The first-order chi connectivity index (χ1) is 24.6. The molecule has 1 aromatic carbocycles. The zero-order valence-electron chi connectivity index (χ0n) is 31.0. The summed E-state index contributed by atoms with van der Waals surface area (Å²) in [7, 11) is 0.831. The van der Waals surface area contributed by atoms with Crippen molar-refractivity contribution in [3.63, 3.8) is 0 Å². The van der Waals surface area contributed by atoms with Crippen LogP contribution in [-0.2, 0) is 33.5 Å². The summed E-state index contributed by atoms with van der Waals surface area (Å²) in [5.74, 6) is 1.19. The van der Waals surface area contributed by atoms with Crippen molar-refractivity contribution in [2.75, 3.05) is 32.1 Å². The lowest BCUT2D eigenvalue weighted by Gasteiger charge is -2.27. The van der Waals surface area contributed by atoms with E-state index in [0.717, 1.165) is 61.3 Å². The molecule has 1 aliphatic heterocycles. The number of aryl methyl sites for hydroxylation is 1. The van der Waals surface area contributed by atoms with Crippen molar-refractivity contribution >= 4 is 47.6 Å². The number of halogens is 4. The van der Waals surface area contributed by atoms with Crippen LogP contribution >= 0.6 is 11.6 Å². The molecule has 3 aliphatic rings. The number of benzene rings is 1. The number of nitrogens with zero attached hydrogens (tertiary/aromatic N) is 6. The standard InChI is InChI=1S/C37H51ClF3N7O3Si/c1-36(2)50-32-23(17-30(33(32)51-36)47-14-12-25-34(44-24-10-11-24)42-21-43-35(25)47)20-46(3)13-8-7-9-31-45-28-18-26(37(39,40)41)27(38)19-29(28)48(31)22-49-15-16-52(4,5)6/h12,14,18-19,21,23-24,30,32-33H,7-11,13,15-17,20,22H2,1-6H3,(H,42,43,44)/t23-,30-,32-,33?/m1/s1. The lowest BCUT2D eigenvalue weighted by molar-refractivity contribution is -0.160. The average molecular weight is 762 g/mol. The predicted octanol–water partition coefficient (Wildman–Crippen LogP) is 8.38. The van der Waals surface area contributed by atoms with E-state index >= 15 is 0 Å². The van der Waals surface area contributed by atoms with Crippen molar-refractivity contribution < 1.29 is 27.4 Å². The van der Waals surface area contributed by atoms with Crippen LogP contribution in [0.1, 0.15) is 63.4 Å². The maximum absolute atomic E-state index is 13.7. The maximum Gasteiger partial charge on any atom is 0.417 e. The third-order valence-electron chi connectivity index (χ3n) is 10.5. The summed E-state index contributed by atoms with van der Waals surface area (Å²) in [6.45, 7) is 13.3. The van der Waals surface area contributed by atoms with E-state index in [9.17, 15) is 13.2 Å². The quantitative estimate of drug-likeness (QED) is 0.0955. The van der Waals surface area contributed by atoms with Gasteiger partial charge in [0.05, 0.1) is 39.2 Å². The number of ether oxygens (including phenoxy) is 3. The molecule has 3 fully saturated rings. The minimum atomic E-state index is -4.56. The Labute approximate surface area is 309 Å². The summed E-state index contributed by atoms with van der Waals surface area (Å²) in [4.78, 5) is 16.2. The smallest absolute Gasteiger partial charge is 0.367 e. The zero-order valence-corrected chi connectivity index (χ0v) is 32.7. The highest BCUT2D eigenvalue weighted by atomic mass is 35.5. The second-order valence-electron chi connectivity index (χ2n) is 16.6. The van der Waals surface area contributed by atoms with Crippen molar-refractivity contribution in [1.29, 1.82) is 0 Å². The van der Waals surface area contributed by atoms with Gasteiger partial charge in [-0.2, -0.15) is 13.2 Å². The van der Waals surface area contributed by atoms with E-state index in [2.05, 4.69) is 63.7 Å². The highest BCUT2D eigenvalue weighted by molar-refractivity contribution is 6.76. The van der Waals surface area contributed by atoms with E-state index in [-0.39, 0.29) is 41.4 Å². The van der Waals surface area contributed by atoms with E-state index in [0.29, 0.717) is 30.4 Å². The summed E-state index contributed by atoms with van der Waals surface area (Å²) >= 11 is 6.13. The number of anilines is 1. The molecule has 1 N–H and O–H groups in total. The lowest BCUT2D eigenvalue weighted by atomic mass is 10.0. The number of fused-ring (bicyclic) bond motifs is 3. The molecule has 4 heterocycles. The van der Waals surface area contributed by atoms with Crippen molar-refractivity contribution in [2.24, 2.45) is 5.92 Å². The summed E-state index contributed by atoms with van der Waals surface area (Å²) in [6.07, 6.45) is 4.64. The van der Waals surface area contributed by atoms with E-state index in [1.54, 1.807) is 6.33 Å². The van der Waals surface area contributed by atoms with E-state index in [4.69, 9.17) is 30.8 Å². The zero-order chi connectivity index (χ0) is 37.0. The first-order valence-corrected chi connectivity index (χ1v) is 22.6. The summed E-state index contributed by atoms with van der Waals surface area (Å²) < 4.78 is 64.2. The van der Waals surface area contributed by atoms with Crippen LogP contribution in [0, 0.1) is 5.92 Å². The fourth-order valence-electron chi connectivity index (χ4n) is 7.72. The lowest BCUT2D eigenvalue weighted by Crippen LogP contribution is -2.34. The molecule has 7 rings (SSSR count). The van der Waals surface area contributed by atoms with Crippen molar-refractivity contribution in [1.82, 2.24) is 29.0 Å². The van der Waals surface area contributed by atoms with Crippen LogP contribution in [0.25, 0.3) is 22.1 Å². The molecule has 4 atom stereocenters. The molecule has 1 saturated heterocycles. The van der Waals surface area contributed by atoms with Crippen LogP contribution in [-0.4, -0.2) is 87.8 Å². The van der Waals surface area contributed by atoms with Gasteiger partial charge in [-0.25, -0.2) is 15.0 Å². The number of rotatable bonds is 15. The topological polar surface area (TPSA) is 91.5 Å². The fraction of sp³-hybridized carbons (Fsp3) is 0.649. The van der Waals surface area contributed by atoms with Crippen molar-refractivity contribution in [3.05, 3.63) is 47.1 Å². The molecule has 15 heteroatoms. The Balaban J connectivity index is 0.998. The summed E-state index contributed by atoms with van der Waals surface area (Å²) in [5, 5.41) is 4.24. The summed E-state index contributed by atoms with van der Waals surface area (Å²) in [6, 6.07) is 6.10. The van der Waals surface area contributed by atoms with Gasteiger partial charge in [-0.05, 0) is 83.8 Å². The highest BCUT2D eigenvalue weighted by Gasteiger charge is 2.54. The Kier molecular flexibility index (Phi) is 10.5. The van der Waals surface area contributed by atoms with Crippen LogP contribution < -0.4 is 5.32 Å². The normalized spacial score (nSPS) is 23.4. The molecule has 2 saturated carbocycles. The Bertz CT molecular complexity index is 1890. The van der Waals surface area contributed by atoms with Gasteiger partial charge in [-0.3, -0.25) is 0 Å². The number of aromatic nitrogens is 5. The van der Waals surface area contributed by atoms with Crippen molar-refractivity contribution in [3.8, 4) is 0 Å². The summed E-state index contributed by atoms with van der Waals surface area (Å²) in [5.41, 5.74) is 0.877. The van der Waals surface area contributed by atoms with Crippen molar-refractivity contribution in [2.45, 2.75) is 121 Å². The third kappa shape index (κ3) is 8.31. The fourth-order valence-corrected chi connectivity index (χ4v) is 8.74. The molecular formula is C37H51ClF3N7O3Si. The SMILES string of the molecule is CN(CCCCc1nc2cc(C(F)(F)F)c(Cl)cc2n1COCC[Si](C)(C)C)C[C@H]1C[C@@H](n2ccc3c(NC4CC4)ncnc32)C2OC(C)(C)O[C@@H]21. The van der Waals surface area contributed by atoms with E-state index in [1.165, 1.54) is 18.9 Å². The first-order valence-electron chi connectivity index (χ1n) is 18.5. The van der Waals surface area contributed by atoms with Gasteiger partial charge in [0, 0.05) is 45.8 Å². The van der Waals surface area contributed by atoms with Crippen LogP contribution in [0.2, 0.25) is 30.7 Å². The van der Waals surface area contributed by atoms with Gasteiger partial charge >= 0.3 is 6.18 Å². The average Bonchev–Trinajstić information content (AvgIpc) is 3.36. The monoisotopic (exact) mass is 761 g/mol. The number of hydrogen-bond donors (Lipinski definition) is 1. The number of unbranched alkanes of at least 4 members (excludes halogenated alkanes) is 1. The molecule has 1 unspecified atom stereocenters. The Hall–Kier alpha value is -2.75. The highest BCUT2D eigenvalue weighted by Crippen LogP contribution is 2.48. The first kappa shape index (κ1) is 37.6. The van der Waals surface area contributed by atoms with E-state index in [1.807, 2.05) is 18.4 Å². The van der Waals surface area contributed by atoms with Gasteiger partial charge in [0.15, 0.2) is 5.79 Å². The molecule has 0 bridgehead atoms. The van der Waals surface area contributed by atoms with Gasteiger partial charge in [-0.15, -0.1) is 0 Å². The van der Waals surface area contributed by atoms with E-state index < -0.39 is 25.6 Å². The van der Waals surface area contributed by atoms with Gasteiger partial charge in [0.25, 0.3) is 0 Å². The largest absolute Gasteiger partial charge is 0.417 e. The number of alkyl halides is 3. The molecule has 0 amide bonds. The molecule has 52 heavy (non-hydrogen) atoms. The molecular weight excluding hydrogens is 711 g/mol. The molecule has 10 nitrogen and oxygen atoms in total. The molecule has 0 spiro atoms. The number of imidazole rings is 1. The van der Waals surface area contributed by atoms with Gasteiger partial charge in [0.1, 0.15) is 36.5 Å². The number of nitrogens with one attached hydrogen (secondary N) is 1. The molecule has 2 aliphatic carbocycles. The maximum atomic E-state index is 13.7. The molecule has 0 radical (unpaired) electrons. The van der Waals surface area contributed by atoms with Gasteiger partial charge in [0.2, 0.25) is 0 Å². The Morgan fingerprint density at radius 1 is 1.12 bits per heavy atom. The second kappa shape index (κ2) is 14.5. The third-order valence-corrected chi connectivity index (χ3v) is 12.5. The van der Waals surface area contributed by atoms with Gasteiger partial charge in [-0.1, -0.05) is 31.2 Å². The van der Waals surface area contributed by atoms with Crippen LogP contribution in [0.4, 0.5) is 19.0 Å². The molecule has 3 aromatic heterocycles. The van der Waals surface area contributed by atoms with Crippen LogP contribution in [0.15, 0.2) is 30.7 Å². The van der Waals surface area contributed by atoms with Crippen LogP contribution in [0.5, 0.6) is 0 Å². The molecule has 4 aromatic rings.